The van der Waals surface area contributed by atoms with E-state index >= 15 is 0 Å². The number of aromatic nitrogens is 1. The molecule has 2 aliphatic heterocycles. The van der Waals surface area contributed by atoms with Crippen LogP contribution < -0.4 is 10.2 Å². The number of pyridine rings is 1. The molecule has 2 aromatic rings. The molecule has 0 spiro atoms. The Kier molecular flexibility index (Phi) is 6.31. The summed E-state index contributed by atoms with van der Waals surface area (Å²) in [6, 6.07) is 12.1. The van der Waals surface area contributed by atoms with E-state index in [9.17, 15) is 9.59 Å². The Morgan fingerprint density at radius 2 is 1.90 bits per heavy atom. The van der Waals surface area contributed by atoms with Crippen molar-refractivity contribution in [3.05, 3.63) is 59.3 Å². The highest BCUT2D eigenvalue weighted by Gasteiger charge is 2.34. The number of aryl methyl sites for hydroxylation is 1. The van der Waals surface area contributed by atoms with Crippen LogP contribution in [0.2, 0.25) is 0 Å². The van der Waals surface area contributed by atoms with Crippen LogP contribution in [-0.4, -0.2) is 41.3 Å². The molecule has 1 unspecified atom stereocenters. The SMILES string of the molecule is Cc1ccc(CN2CC(C(=O)NCc3cccnc3N3CCCCC3)CC2=O)cc1. The lowest BCUT2D eigenvalue weighted by Gasteiger charge is -2.29. The van der Waals surface area contributed by atoms with Crippen LogP contribution in [-0.2, 0) is 22.7 Å². The fourth-order valence-electron chi connectivity index (χ4n) is 4.30. The van der Waals surface area contributed by atoms with Crippen LogP contribution in [0.5, 0.6) is 0 Å². The molecule has 0 bridgehead atoms. The summed E-state index contributed by atoms with van der Waals surface area (Å²) in [5.41, 5.74) is 3.33. The normalized spacial score (nSPS) is 19.2. The summed E-state index contributed by atoms with van der Waals surface area (Å²) in [6.07, 6.45) is 5.73. The Balaban J connectivity index is 1.34. The van der Waals surface area contributed by atoms with Gasteiger partial charge in [-0.3, -0.25) is 9.59 Å². The van der Waals surface area contributed by atoms with Crippen molar-refractivity contribution < 1.29 is 9.59 Å². The summed E-state index contributed by atoms with van der Waals surface area (Å²) in [7, 11) is 0. The third kappa shape index (κ3) is 4.81. The van der Waals surface area contributed by atoms with E-state index in [1.807, 2.05) is 49.5 Å². The molecule has 0 saturated carbocycles. The maximum atomic E-state index is 12.8. The van der Waals surface area contributed by atoms with E-state index in [0.29, 0.717) is 19.6 Å². The molecule has 0 radical (unpaired) electrons. The van der Waals surface area contributed by atoms with Crippen LogP contribution in [0.15, 0.2) is 42.6 Å². The lowest BCUT2D eigenvalue weighted by atomic mass is 10.1. The van der Waals surface area contributed by atoms with Crippen LogP contribution in [0.4, 0.5) is 5.82 Å². The Morgan fingerprint density at radius 1 is 1.13 bits per heavy atom. The summed E-state index contributed by atoms with van der Waals surface area (Å²) in [5, 5.41) is 3.05. The monoisotopic (exact) mass is 406 g/mol. The van der Waals surface area contributed by atoms with E-state index in [1.54, 1.807) is 4.90 Å². The average molecular weight is 407 g/mol. The van der Waals surface area contributed by atoms with Crippen molar-refractivity contribution >= 4 is 17.6 Å². The number of nitrogens with zero attached hydrogens (tertiary/aromatic N) is 3. The second-order valence-electron chi connectivity index (χ2n) is 8.41. The van der Waals surface area contributed by atoms with Gasteiger partial charge in [-0.1, -0.05) is 35.9 Å². The molecule has 1 aromatic heterocycles. The fraction of sp³-hybridized carbons (Fsp3) is 0.458. The highest BCUT2D eigenvalue weighted by atomic mass is 16.2. The van der Waals surface area contributed by atoms with Crippen molar-refractivity contribution in [3.8, 4) is 0 Å². The van der Waals surface area contributed by atoms with Gasteiger partial charge in [-0.05, 0) is 37.8 Å². The minimum absolute atomic E-state index is 0.0473. The van der Waals surface area contributed by atoms with Gasteiger partial charge in [0.25, 0.3) is 0 Å². The van der Waals surface area contributed by atoms with Gasteiger partial charge in [0.1, 0.15) is 5.82 Å². The van der Waals surface area contributed by atoms with Crippen molar-refractivity contribution in [2.75, 3.05) is 24.5 Å². The molecule has 3 heterocycles. The van der Waals surface area contributed by atoms with E-state index in [1.165, 1.54) is 24.8 Å². The Morgan fingerprint density at radius 3 is 2.67 bits per heavy atom. The molecule has 1 N–H and O–H groups in total. The molecule has 6 heteroatoms. The number of piperidine rings is 1. The molecule has 2 aliphatic rings. The van der Waals surface area contributed by atoms with Crippen molar-refractivity contribution in [2.24, 2.45) is 5.92 Å². The molecular weight excluding hydrogens is 376 g/mol. The number of likely N-dealkylation sites (tertiary alicyclic amines) is 1. The molecular formula is C24H30N4O2. The number of amides is 2. The van der Waals surface area contributed by atoms with Crippen LogP contribution in [0.3, 0.4) is 0 Å². The second-order valence-corrected chi connectivity index (χ2v) is 8.41. The molecule has 6 nitrogen and oxygen atoms in total. The van der Waals surface area contributed by atoms with E-state index in [0.717, 1.165) is 30.0 Å². The largest absolute Gasteiger partial charge is 0.356 e. The van der Waals surface area contributed by atoms with Gasteiger partial charge in [-0.15, -0.1) is 0 Å². The third-order valence-electron chi connectivity index (χ3n) is 6.06. The zero-order chi connectivity index (χ0) is 20.9. The average Bonchev–Trinajstić information content (AvgIpc) is 3.15. The summed E-state index contributed by atoms with van der Waals surface area (Å²) >= 11 is 0. The first kappa shape index (κ1) is 20.4. The van der Waals surface area contributed by atoms with Gasteiger partial charge >= 0.3 is 0 Å². The Labute approximate surface area is 178 Å². The van der Waals surface area contributed by atoms with Crippen molar-refractivity contribution in [2.45, 2.75) is 45.7 Å². The van der Waals surface area contributed by atoms with Gasteiger partial charge in [0.15, 0.2) is 0 Å². The standard InChI is InChI=1S/C24H30N4O2/c1-18-7-9-19(10-8-18)16-28-17-21(14-22(28)29)24(30)26-15-20-6-5-11-25-23(20)27-12-3-2-4-13-27/h5-11,21H,2-4,12-17H2,1H3,(H,26,30). The maximum Gasteiger partial charge on any atom is 0.225 e. The first-order chi connectivity index (χ1) is 14.6. The predicted molar refractivity (Wildman–Crippen MR) is 117 cm³/mol. The zero-order valence-corrected chi connectivity index (χ0v) is 17.6. The smallest absolute Gasteiger partial charge is 0.225 e. The summed E-state index contributed by atoms with van der Waals surface area (Å²) in [4.78, 5) is 33.9. The van der Waals surface area contributed by atoms with Crippen LogP contribution in [0, 0.1) is 12.8 Å². The quantitative estimate of drug-likeness (QED) is 0.801. The topological polar surface area (TPSA) is 65.5 Å². The van der Waals surface area contributed by atoms with Gasteiger partial charge in [-0.2, -0.15) is 0 Å². The van der Waals surface area contributed by atoms with E-state index < -0.39 is 0 Å². The number of benzene rings is 1. The number of nitrogens with one attached hydrogen (secondary N) is 1. The van der Waals surface area contributed by atoms with Crippen molar-refractivity contribution in [1.29, 1.82) is 0 Å². The number of hydrogen-bond acceptors (Lipinski definition) is 4. The zero-order valence-electron chi connectivity index (χ0n) is 17.6. The Hall–Kier alpha value is -2.89. The van der Waals surface area contributed by atoms with Crippen LogP contribution in [0.25, 0.3) is 0 Å². The molecule has 2 fully saturated rings. The minimum atomic E-state index is -0.293. The molecule has 158 valence electrons. The number of rotatable bonds is 6. The number of anilines is 1. The predicted octanol–water partition coefficient (Wildman–Crippen LogP) is 3.05. The lowest BCUT2D eigenvalue weighted by Crippen LogP contribution is -2.34. The molecule has 1 atom stereocenters. The third-order valence-corrected chi connectivity index (χ3v) is 6.06. The van der Waals surface area contributed by atoms with E-state index in [4.69, 9.17) is 0 Å². The van der Waals surface area contributed by atoms with Crippen molar-refractivity contribution in [1.82, 2.24) is 15.2 Å². The maximum absolute atomic E-state index is 12.8. The summed E-state index contributed by atoms with van der Waals surface area (Å²) < 4.78 is 0. The van der Waals surface area contributed by atoms with Crippen LogP contribution >= 0.6 is 0 Å². The lowest BCUT2D eigenvalue weighted by molar-refractivity contribution is -0.129. The second kappa shape index (κ2) is 9.28. The van der Waals surface area contributed by atoms with Gasteiger partial charge in [0.05, 0.1) is 5.92 Å². The molecule has 4 rings (SSSR count). The molecule has 2 amide bonds. The van der Waals surface area contributed by atoms with Crippen molar-refractivity contribution in [3.63, 3.8) is 0 Å². The van der Waals surface area contributed by atoms with E-state index in [-0.39, 0.29) is 24.2 Å². The number of carbonyl (C=O) groups excluding carboxylic acids is 2. The molecule has 1 aromatic carbocycles. The molecule has 30 heavy (non-hydrogen) atoms. The minimum Gasteiger partial charge on any atom is -0.356 e. The van der Waals surface area contributed by atoms with Gasteiger partial charge < -0.3 is 15.1 Å². The summed E-state index contributed by atoms with van der Waals surface area (Å²) in [5.74, 6) is 0.674. The van der Waals surface area contributed by atoms with Gasteiger partial charge in [-0.25, -0.2) is 4.98 Å². The highest BCUT2D eigenvalue weighted by Crippen LogP contribution is 2.23. The van der Waals surface area contributed by atoms with Crippen LogP contribution in [0.1, 0.15) is 42.4 Å². The number of hydrogen-bond donors (Lipinski definition) is 1. The first-order valence-corrected chi connectivity index (χ1v) is 10.9. The van der Waals surface area contributed by atoms with Gasteiger partial charge in [0, 0.05) is 50.9 Å². The Bertz CT molecular complexity index is 890. The number of carbonyl (C=O) groups is 2. The van der Waals surface area contributed by atoms with Gasteiger partial charge in [0.2, 0.25) is 11.8 Å². The summed E-state index contributed by atoms with van der Waals surface area (Å²) in [6.45, 7) is 5.56. The fourth-order valence-corrected chi connectivity index (χ4v) is 4.30. The molecule has 2 saturated heterocycles. The van der Waals surface area contributed by atoms with E-state index in [2.05, 4.69) is 15.2 Å². The first-order valence-electron chi connectivity index (χ1n) is 10.9. The molecule has 0 aliphatic carbocycles. The highest BCUT2D eigenvalue weighted by molar-refractivity contribution is 5.89.